The van der Waals surface area contributed by atoms with Gasteiger partial charge in [-0.1, -0.05) is 11.6 Å². The third kappa shape index (κ3) is 4.92. The number of anilines is 2. The first-order valence-corrected chi connectivity index (χ1v) is 12.1. The number of methoxy groups -OCH3 is 1. The Hall–Kier alpha value is -2.02. The van der Waals surface area contributed by atoms with E-state index < -0.39 is 16.7 Å². The van der Waals surface area contributed by atoms with Crippen LogP contribution in [0.1, 0.15) is 0 Å². The predicted molar refractivity (Wildman–Crippen MR) is 109 cm³/mol. The average molecular weight is 564 g/mol. The van der Waals surface area contributed by atoms with E-state index in [0.717, 1.165) is 17.2 Å². The summed E-state index contributed by atoms with van der Waals surface area (Å²) >= 11 is 5.62. The van der Waals surface area contributed by atoms with Gasteiger partial charge in [-0.05, 0) is 12.1 Å². The van der Waals surface area contributed by atoms with Crippen LogP contribution in [0, 0.1) is 11.6 Å². The molecule has 3 aromatic rings. The fourth-order valence-corrected chi connectivity index (χ4v) is 5.08. The van der Waals surface area contributed by atoms with Crippen molar-refractivity contribution in [3.8, 4) is 11.5 Å². The fourth-order valence-electron chi connectivity index (χ4n) is 3.05. The molecule has 0 spiro atoms. The van der Waals surface area contributed by atoms with Gasteiger partial charge in [-0.2, -0.15) is 0 Å². The molecule has 31 heavy (non-hydrogen) atoms. The number of ether oxygens (including phenoxy) is 3. The molecule has 0 aliphatic carbocycles. The molecule has 7 nitrogen and oxygen atoms in total. The van der Waals surface area contributed by atoms with Gasteiger partial charge in [-0.25, -0.2) is 8.78 Å². The molecule has 4 rings (SSSR count). The maximum atomic E-state index is 14.3. The van der Waals surface area contributed by atoms with Crippen molar-refractivity contribution in [1.29, 1.82) is 0 Å². The molecule has 1 fully saturated rings. The van der Waals surface area contributed by atoms with E-state index in [1.165, 1.54) is 19.5 Å². The zero-order valence-electron chi connectivity index (χ0n) is 16.7. The van der Waals surface area contributed by atoms with Crippen LogP contribution in [0.2, 0.25) is 5.02 Å². The van der Waals surface area contributed by atoms with Gasteiger partial charge in [-0.3, -0.25) is 0 Å². The number of nitrogens with zero attached hydrogens (tertiary/aromatic N) is 3. The number of nitrogens with one attached hydrogen (secondary N) is 1. The Kier molecular flexibility index (Phi) is 6.89. The van der Waals surface area contributed by atoms with Crippen LogP contribution < -0.4 is 36.3 Å². The molecule has 1 N–H and O–H groups in total. The predicted octanol–water partition coefficient (Wildman–Crippen LogP) is 0.985. The van der Waals surface area contributed by atoms with Crippen molar-refractivity contribution in [3.63, 3.8) is 0 Å². The first kappa shape index (κ1) is 22.2. The third-order valence-corrected chi connectivity index (χ3v) is 7.18. The summed E-state index contributed by atoms with van der Waals surface area (Å²) in [6.45, 7) is 1.20. The van der Waals surface area contributed by atoms with Gasteiger partial charge in [0, 0.05) is 0 Å². The van der Waals surface area contributed by atoms with Crippen molar-refractivity contribution in [3.05, 3.63) is 47.2 Å². The molecule has 2 heterocycles. The summed E-state index contributed by atoms with van der Waals surface area (Å²) in [6, 6.07) is 5.77. The minimum atomic E-state index is -0.903. The van der Waals surface area contributed by atoms with E-state index in [0.29, 0.717) is 34.8 Å². The van der Waals surface area contributed by atoms with Gasteiger partial charge in [0.2, 0.25) is 0 Å². The molecule has 1 aromatic heterocycles. The minimum absolute atomic E-state index is 0.00734. The number of rotatable bonds is 6. The van der Waals surface area contributed by atoms with Gasteiger partial charge < -0.3 is 0 Å². The second-order valence-electron chi connectivity index (χ2n) is 6.71. The molecule has 0 amide bonds. The number of alkyl halides is 1. The first-order chi connectivity index (χ1) is 15.0. The molecule has 0 saturated carbocycles. The number of hydrogen-bond acceptors (Lipinski definition) is 7. The van der Waals surface area contributed by atoms with Crippen LogP contribution in [-0.2, 0) is 4.74 Å². The second kappa shape index (κ2) is 9.63. The van der Waals surface area contributed by atoms with Crippen LogP contribution in [0.25, 0.3) is 10.9 Å². The third-order valence-electron chi connectivity index (χ3n) is 4.64. The number of halogens is 4. The number of hydrogen-bond donors (Lipinski definition) is 1. The normalized spacial score (nSPS) is 17.3. The number of fused-ring (bicyclic) bond motifs is 1. The molecule has 1 aliphatic heterocycles. The Balaban J connectivity index is 1.61. The standard InChI is InChI=1S/C20H19ClF2IN4O3/c1-28-7-11(31-9-24-28)8-30-17-6-15-12(5-16(17)29-2)20(26-10-25-15)27-14-4-3-13(22)18(21)19(14)23/h3-6,10-11H,7-9H2,1-2H3,(H,25,26,27)/q-1. The molecule has 166 valence electrons. The number of likely N-dealkylation sites (N-methyl/N-ethyl adjacent to an activating group) is 1. The molecule has 11 heteroatoms. The van der Waals surface area contributed by atoms with Crippen molar-refractivity contribution in [1.82, 2.24) is 13.1 Å². The summed E-state index contributed by atoms with van der Waals surface area (Å²) in [6.07, 6.45) is 1.32. The Morgan fingerprint density at radius 1 is 1.29 bits per heavy atom. The molecular weight excluding hydrogens is 545 g/mol. The van der Waals surface area contributed by atoms with Crippen LogP contribution in [0.4, 0.5) is 20.3 Å². The van der Waals surface area contributed by atoms with E-state index in [2.05, 4.69) is 25.4 Å². The van der Waals surface area contributed by atoms with Gasteiger partial charge in [0.15, 0.2) is 5.82 Å². The molecule has 0 radical (unpaired) electrons. The second-order valence-corrected chi connectivity index (χ2v) is 10.0. The van der Waals surface area contributed by atoms with E-state index in [1.807, 2.05) is 0 Å². The van der Waals surface area contributed by atoms with E-state index in [-0.39, 0.29) is 33.3 Å². The van der Waals surface area contributed by atoms with Gasteiger partial charge in [0.05, 0.1) is 0 Å². The maximum absolute atomic E-state index is 14.3. The van der Waals surface area contributed by atoms with Crippen LogP contribution >= 0.6 is 11.6 Å². The molecule has 1 aliphatic rings. The summed E-state index contributed by atoms with van der Waals surface area (Å²) in [5, 5.41) is 2.83. The van der Waals surface area contributed by atoms with E-state index >= 15 is 0 Å². The summed E-state index contributed by atoms with van der Waals surface area (Å²) in [7, 11) is 3.61. The van der Waals surface area contributed by atoms with Crippen molar-refractivity contribution < 1.29 is 44.5 Å². The summed E-state index contributed by atoms with van der Waals surface area (Å²) in [4.78, 5) is 8.46. The molecule has 1 atom stereocenters. The average Bonchev–Trinajstić information content (AvgIpc) is 2.77. The van der Waals surface area contributed by atoms with Crippen LogP contribution in [0.3, 0.4) is 0 Å². The monoisotopic (exact) mass is 563 g/mol. The Morgan fingerprint density at radius 3 is 2.90 bits per heavy atom. The van der Waals surface area contributed by atoms with Gasteiger partial charge in [-0.15, -0.1) is 0 Å². The van der Waals surface area contributed by atoms with Crippen molar-refractivity contribution in [2.45, 2.75) is 6.10 Å². The van der Waals surface area contributed by atoms with Crippen LogP contribution in [-0.4, -0.2) is 51.1 Å². The van der Waals surface area contributed by atoms with Crippen LogP contribution in [0.15, 0.2) is 30.6 Å². The quantitative estimate of drug-likeness (QED) is 0.208. The van der Waals surface area contributed by atoms with E-state index in [4.69, 9.17) is 25.8 Å². The Bertz CT molecular complexity index is 1110. The summed E-state index contributed by atoms with van der Waals surface area (Å²) < 4.78 is 48.1. The fraction of sp³-hybridized carbons (Fsp3) is 0.300. The van der Waals surface area contributed by atoms with Crippen LogP contribution in [0.5, 0.6) is 11.5 Å². The SMILES string of the molecule is COc1cc2c(Nc3ccc(F)c(Cl)c3F)ncnc2cc1OCC1CN(C)[I-]CO1. The molecule has 1 saturated heterocycles. The van der Waals surface area contributed by atoms with Crippen molar-refractivity contribution >= 4 is 34.0 Å². The Labute approximate surface area is 193 Å². The first-order valence-electron chi connectivity index (χ1n) is 9.24. The van der Waals surface area contributed by atoms with E-state index in [1.54, 1.807) is 12.1 Å². The number of benzene rings is 2. The van der Waals surface area contributed by atoms with Gasteiger partial charge >= 0.3 is 144 Å². The summed E-state index contributed by atoms with van der Waals surface area (Å²) in [5.74, 6) is -0.435. The molecule has 0 bridgehead atoms. The molecule has 2 aromatic carbocycles. The number of aromatic nitrogens is 2. The summed E-state index contributed by atoms with van der Waals surface area (Å²) in [5.41, 5.74) is 0.557. The van der Waals surface area contributed by atoms with Crippen molar-refractivity contribution in [2.75, 3.05) is 37.2 Å². The van der Waals surface area contributed by atoms with Gasteiger partial charge in [0.1, 0.15) is 10.8 Å². The van der Waals surface area contributed by atoms with Crippen molar-refractivity contribution in [2.24, 2.45) is 0 Å². The Morgan fingerprint density at radius 2 is 2.13 bits per heavy atom. The van der Waals surface area contributed by atoms with Gasteiger partial charge in [0.25, 0.3) is 0 Å². The topological polar surface area (TPSA) is 68.7 Å². The molecule has 1 unspecified atom stereocenters. The van der Waals surface area contributed by atoms with E-state index in [9.17, 15) is 8.78 Å². The molecular formula is C20H19ClF2IN4O3-. The zero-order valence-corrected chi connectivity index (χ0v) is 19.6. The zero-order chi connectivity index (χ0) is 22.0.